The van der Waals surface area contributed by atoms with E-state index in [0.717, 1.165) is 18.8 Å². The Labute approximate surface area is 84.9 Å². The van der Waals surface area contributed by atoms with Crippen LogP contribution >= 0.6 is 0 Å². The molecule has 2 fully saturated rings. The van der Waals surface area contributed by atoms with Gasteiger partial charge in [0, 0.05) is 13.1 Å². The van der Waals surface area contributed by atoms with Gasteiger partial charge in [0.15, 0.2) is 0 Å². The maximum atomic E-state index is 11.2. The van der Waals surface area contributed by atoms with Crippen LogP contribution in [0.15, 0.2) is 0 Å². The van der Waals surface area contributed by atoms with Gasteiger partial charge >= 0.3 is 5.97 Å². The van der Waals surface area contributed by atoms with Gasteiger partial charge in [0.05, 0.1) is 5.41 Å². The summed E-state index contributed by atoms with van der Waals surface area (Å²) < 4.78 is 0. The molecular weight excluding hydrogens is 178 g/mol. The third-order valence-corrected chi connectivity index (χ3v) is 4.10. The summed E-state index contributed by atoms with van der Waals surface area (Å²) in [6.07, 6.45) is 4.63. The number of carboxylic acid groups (broad SMARTS) is 1. The lowest BCUT2D eigenvalue weighted by Crippen LogP contribution is -2.62. The van der Waals surface area contributed by atoms with Crippen LogP contribution < -0.4 is 5.32 Å². The third-order valence-electron chi connectivity index (χ3n) is 4.10. The van der Waals surface area contributed by atoms with Crippen LogP contribution in [0.4, 0.5) is 0 Å². The Hall–Kier alpha value is -0.570. The third kappa shape index (κ3) is 1.44. The molecule has 1 saturated carbocycles. The lowest BCUT2D eigenvalue weighted by molar-refractivity contribution is -0.158. The molecule has 0 spiro atoms. The minimum atomic E-state index is -0.587. The molecule has 14 heavy (non-hydrogen) atoms. The smallest absolute Gasteiger partial charge is 0.312 e. The van der Waals surface area contributed by atoms with Crippen molar-refractivity contribution >= 4 is 5.97 Å². The number of carbonyl (C=O) groups is 1. The van der Waals surface area contributed by atoms with Gasteiger partial charge in [-0.3, -0.25) is 4.79 Å². The van der Waals surface area contributed by atoms with Gasteiger partial charge in [0.1, 0.15) is 0 Å². The molecule has 3 nitrogen and oxygen atoms in total. The van der Waals surface area contributed by atoms with Crippen LogP contribution in [0, 0.1) is 17.3 Å². The molecule has 0 aromatic rings. The molecule has 0 amide bonds. The molecule has 0 bridgehead atoms. The van der Waals surface area contributed by atoms with E-state index in [4.69, 9.17) is 0 Å². The van der Waals surface area contributed by atoms with Gasteiger partial charge in [-0.15, -0.1) is 0 Å². The van der Waals surface area contributed by atoms with E-state index in [2.05, 4.69) is 12.2 Å². The van der Waals surface area contributed by atoms with Gasteiger partial charge in [0.2, 0.25) is 0 Å². The van der Waals surface area contributed by atoms with Crippen molar-refractivity contribution in [3.8, 4) is 0 Å². The number of hydrogen-bond acceptors (Lipinski definition) is 2. The van der Waals surface area contributed by atoms with E-state index in [0.29, 0.717) is 19.0 Å². The summed E-state index contributed by atoms with van der Waals surface area (Å²) in [7, 11) is 0. The second-order valence-corrected chi connectivity index (χ2v) is 5.02. The molecule has 0 unspecified atom stereocenters. The molecule has 80 valence electrons. The zero-order valence-corrected chi connectivity index (χ0v) is 8.75. The maximum Gasteiger partial charge on any atom is 0.312 e. The number of hydrogen-bond donors (Lipinski definition) is 2. The van der Waals surface area contributed by atoms with E-state index >= 15 is 0 Å². The topological polar surface area (TPSA) is 49.3 Å². The first-order valence-corrected chi connectivity index (χ1v) is 5.59. The summed E-state index contributed by atoms with van der Waals surface area (Å²) in [4.78, 5) is 11.2. The number of carboxylic acids is 1. The number of nitrogens with one attached hydrogen (secondary N) is 1. The first kappa shape index (κ1) is 9.97. The van der Waals surface area contributed by atoms with Gasteiger partial charge in [-0.05, 0) is 24.7 Å². The zero-order valence-electron chi connectivity index (χ0n) is 8.75. The Balaban J connectivity index is 2.02. The SMILES string of the molecule is CC1CCC(C2(C(=O)O)CNC2)CC1. The molecule has 1 heterocycles. The molecule has 1 saturated heterocycles. The van der Waals surface area contributed by atoms with Crippen LogP contribution in [0.5, 0.6) is 0 Å². The number of rotatable bonds is 2. The molecule has 0 atom stereocenters. The van der Waals surface area contributed by atoms with Crippen LogP contribution in [0.2, 0.25) is 0 Å². The summed E-state index contributed by atoms with van der Waals surface area (Å²) in [5, 5.41) is 12.4. The van der Waals surface area contributed by atoms with Crippen molar-refractivity contribution in [1.82, 2.24) is 5.32 Å². The predicted octanol–water partition coefficient (Wildman–Crippen LogP) is 1.49. The fourth-order valence-electron chi connectivity index (χ4n) is 2.82. The standard InChI is InChI=1S/C11H19NO2/c1-8-2-4-9(5-3-8)11(10(13)14)6-12-7-11/h8-9,12H,2-7H2,1H3,(H,13,14). The average molecular weight is 197 g/mol. The van der Waals surface area contributed by atoms with E-state index in [1.54, 1.807) is 0 Å². The highest BCUT2D eigenvalue weighted by atomic mass is 16.4. The molecular formula is C11H19NO2. The van der Waals surface area contributed by atoms with Gasteiger partial charge < -0.3 is 10.4 Å². The Kier molecular flexibility index (Phi) is 2.52. The maximum absolute atomic E-state index is 11.2. The molecule has 0 aromatic carbocycles. The molecule has 0 radical (unpaired) electrons. The normalized spacial score (nSPS) is 36.1. The number of aliphatic carboxylic acids is 1. The quantitative estimate of drug-likeness (QED) is 0.705. The summed E-state index contributed by atoms with van der Waals surface area (Å²) in [6, 6.07) is 0. The van der Waals surface area contributed by atoms with Crippen LogP contribution in [-0.2, 0) is 4.79 Å². The van der Waals surface area contributed by atoms with Gasteiger partial charge in [0.25, 0.3) is 0 Å². The second kappa shape index (κ2) is 3.54. The predicted molar refractivity (Wildman–Crippen MR) is 54.1 cm³/mol. The summed E-state index contributed by atoms with van der Waals surface area (Å²) in [6.45, 7) is 3.63. The van der Waals surface area contributed by atoms with E-state index < -0.39 is 11.4 Å². The van der Waals surface area contributed by atoms with Crippen molar-refractivity contribution in [2.24, 2.45) is 17.3 Å². The lowest BCUT2D eigenvalue weighted by Gasteiger charge is -2.47. The molecule has 3 heteroatoms. The molecule has 0 aromatic heterocycles. The highest BCUT2D eigenvalue weighted by Crippen LogP contribution is 2.42. The highest BCUT2D eigenvalue weighted by Gasteiger charge is 2.50. The Morgan fingerprint density at radius 1 is 1.29 bits per heavy atom. The fraction of sp³-hybridized carbons (Fsp3) is 0.909. The fourth-order valence-corrected chi connectivity index (χ4v) is 2.82. The second-order valence-electron chi connectivity index (χ2n) is 5.02. The summed E-state index contributed by atoms with van der Waals surface area (Å²) >= 11 is 0. The van der Waals surface area contributed by atoms with Crippen LogP contribution in [0.25, 0.3) is 0 Å². The van der Waals surface area contributed by atoms with Crippen molar-refractivity contribution < 1.29 is 9.90 Å². The van der Waals surface area contributed by atoms with Crippen LogP contribution in [-0.4, -0.2) is 24.2 Å². The van der Waals surface area contributed by atoms with Gasteiger partial charge in [-0.25, -0.2) is 0 Å². The van der Waals surface area contributed by atoms with Crippen molar-refractivity contribution in [1.29, 1.82) is 0 Å². The van der Waals surface area contributed by atoms with Crippen molar-refractivity contribution in [3.63, 3.8) is 0 Å². The Morgan fingerprint density at radius 3 is 2.21 bits per heavy atom. The van der Waals surface area contributed by atoms with Crippen LogP contribution in [0.3, 0.4) is 0 Å². The van der Waals surface area contributed by atoms with Crippen molar-refractivity contribution in [2.75, 3.05) is 13.1 Å². The van der Waals surface area contributed by atoms with E-state index in [1.165, 1.54) is 12.8 Å². The summed E-state index contributed by atoms with van der Waals surface area (Å²) in [5.74, 6) is 0.624. The van der Waals surface area contributed by atoms with E-state index in [1.807, 2.05) is 0 Å². The minimum Gasteiger partial charge on any atom is -0.481 e. The zero-order chi connectivity index (χ0) is 10.2. The van der Waals surface area contributed by atoms with Crippen molar-refractivity contribution in [3.05, 3.63) is 0 Å². The van der Waals surface area contributed by atoms with Gasteiger partial charge in [-0.1, -0.05) is 19.8 Å². The van der Waals surface area contributed by atoms with Crippen LogP contribution in [0.1, 0.15) is 32.6 Å². The molecule has 1 aliphatic carbocycles. The minimum absolute atomic E-state index is 0.414. The molecule has 2 aliphatic rings. The van der Waals surface area contributed by atoms with E-state index in [-0.39, 0.29) is 0 Å². The first-order valence-electron chi connectivity index (χ1n) is 5.59. The molecule has 1 aliphatic heterocycles. The Bertz CT molecular complexity index is 227. The first-order chi connectivity index (χ1) is 6.65. The summed E-state index contributed by atoms with van der Waals surface area (Å²) in [5.41, 5.74) is -0.417. The van der Waals surface area contributed by atoms with Gasteiger partial charge in [-0.2, -0.15) is 0 Å². The van der Waals surface area contributed by atoms with E-state index in [9.17, 15) is 9.90 Å². The molecule has 2 N–H and O–H groups in total. The van der Waals surface area contributed by atoms with Crippen molar-refractivity contribution in [2.45, 2.75) is 32.6 Å². The lowest BCUT2D eigenvalue weighted by atomic mass is 9.64. The molecule has 2 rings (SSSR count). The monoisotopic (exact) mass is 197 g/mol. The Morgan fingerprint density at radius 2 is 1.86 bits per heavy atom. The average Bonchev–Trinajstić information content (AvgIpc) is 2.05. The highest BCUT2D eigenvalue weighted by molar-refractivity contribution is 5.77. The largest absolute Gasteiger partial charge is 0.481 e.